The molecule has 3 N–H and O–H groups in total. The molecule has 144 valence electrons. The highest BCUT2D eigenvalue weighted by atomic mass is 32.2. The van der Waals surface area contributed by atoms with E-state index >= 15 is 0 Å². The van der Waals surface area contributed by atoms with Crippen molar-refractivity contribution in [2.75, 3.05) is 13.2 Å². The second-order valence-electron chi connectivity index (χ2n) is 6.39. The number of rotatable bonds is 7. The summed E-state index contributed by atoms with van der Waals surface area (Å²) in [7, 11) is -4.10. The molecule has 9 nitrogen and oxygen atoms in total. The molecule has 0 heterocycles. The minimum absolute atomic E-state index is 0.0572. The zero-order chi connectivity index (χ0) is 19.5. The number of nitro benzene ring substituents is 1. The van der Waals surface area contributed by atoms with Gasteiger partial charge >= 0.3 is 5.97 Å². The van der Waals surface area contributed by atoms with Gasteiger partial charge in [-0.15, -0.1) is 0 Å². The molecule has 1 aromatic rings. The number of ether oxygens (including phenoxy) is 1. The van der Waals surface area contributed by atoms with E-state index in [-0.39, 0.29) is 29.2 Å². The lowest BCUT2D eigenvalue weighted by Gasteiger charge is -2.28. The van der Waals surface area contributed by atoms with Crippen LogP contribution in [-0.2, 0) is 14.8 Å². The smallest absolute Gasteiger partial charge is 0.338 e. The van der Waals surface area contributed by atoms with Crippen LogP contribution in [-0.4, -0.2) is 38.0 Å². The van der Waals surface area contributed by atoms with Crippen molar-refractivity contribution < 1.29 is 22.9 Å². The van der Waals surface area contributed by atoms with E-state index in [1.54, 1.807) is 6.92 Å². The van der Waals surface area contributed by atoms with Gasteiger partial charge in [0.1, 0.15) is 0 Å². The van der Waals surface area contributed by atoms with Crippen LogP contribution in [0, 0.1) is 17.0 Å². The molecular formula is C16H23N3O6S. The van der Waals surface area contributed by atoms with Gasteiger partial charge in [0.25, 0.3) is 5.69 Å². The predicted molar refractivity (Wildman–Crippen MR) is 94.4 cm³/mol. The molecule has 0 radical (unpaired) electrons. The van der Waals surface area contributed by atoms with Crippen molar-refractivity contribution in [3.63, 3.8) is 0 Å². The molecule has 0 atom stereocenters. The first-order chi connectivity index (χ1) is 12.2. The lowest BCUT2D eigenvalue weighted by molar-refractivity contribution is -0.385. The van der Waals surface area contributed by atoms with E-state index < -0.39 is 32.1 Å². The number of carbonyl (C=O) groups is 1. The van der Waals surface area contributed by atoms with E-state index in [0.29, 0.717) is 12.8 Å². The highest BCUT2D eigenvalue weighted by molar-refractivity contribution is 7.89. The summed E-state index contributed by atoms with van der Waals surface area (Å²) in [5.41, 5.74) is 4.46. The summed E-state index contributed by atoms with van der Waals surface area (Å²) in [4.78, 5) is 22.4. The third kappa shape index (κ3) is 4.02. The van der Waals surface area contributed by atoms with Gasteiger partial charge in [0, 0.05) is 23.7 Å². The molecule has 0 spiro atoms. The molecule has 0 saturated heterocycles. The molecule has 0 amide bonds. The molecule has 1 saturated carbocycles. The molecule has 0 bridgehead atoms. The molecular weight excluding hydrogens is 362 g/mol. The van der Waals surface area contributed by atoms with Crippen LogP contribution in [0.4, 0.5) is 5.69 Å². The zero-order valence-corrected chi connectivity index (χ0v) is 15.6. The minimum atomic E-state index is -4.10. The number of nitrogens with zero attached hydrogens (tertiary/aromatic N) is 1. The molecule has 1 aliphatic carbocycles. The molecule has 0 unspecified atom stereocenters. The Hall–Kier alpha value is -2.04. The molecule has 0 aliphatic heterocycles. The maximum atomic E-state index is 12.8. The van der Waals surface area contributed by atoms with Crippen LogP contribution < -0.4 is 10.5 Å². The van der Waals surface area contributed by atoms with Crippen molar-refractivity contribution in [2.45, 2.75) is 50.0 Å². The minimum Gasteiger partial charge on any atom is -0.462 e. The van der Waals surface area contributed by atoms with E-state index in [9.17, 15) is 23.3 Å². The van der Waals surface area contributed by atoms with Gasteiger partial charge in [-0.2, -0.15) is 0 Å². The Labute approximate surface area is 152 Å². The average molecular weight is 385 g/mol. The summed E-state index contributed by atoms with van der Waals surface area (Å²) < 4.78 is 33.1. The standard InChI is InChI=1S/C16H23N3O6S/c1-3-25-15(20)13-8-12(9-14(11(13)2)19(21)22)26(23,24)18-16(10-17)6-4-5-7-16/h8-9,18H,3-7,10,17H2,1-2H3. The van der Waals surface area contributed by atoms with Crippen molar-refractivity contribution in [3.05, 3.63) is 33.4 Å². The number of hydrogen-bond donors (Lipinski definition) is 2. The Balaban J connectivity index is 2.53. The van der Waals surface area contributed by atoms with Gasteiger partial charge in [-0.05, 0) is 32.8 Å². The van der Waals surface area contributed by atoms with Gasteiger partial charge in [0.2, 0.25) is 10.0 Å². The highest BCUT2D eigenvalue weighted by Gasteiger charge is 2.37. The van der Waals surface area contributed by atoms with Crippen LogP contribution in [0.1, 0.15) is 48.5 Å². The van der Waals surface area contributed by atoms with Crippen LogP contribution in [0.2, 0.25) is 0 Å². The first-order valence-electron chi connectivity index (χ1n) is 8.36. The number of hydrogen-bond acceptors (Lipinski definition) is 7. The van der Waals surface area contributed by atoms with Crippen LogP contribution >= 0.6 is 0 Å². The Kier molecular flexibility index (Phi) is 5.99. The average Bonchev–Trinajstić information content (AvgIpc) is 3.03. The van der Waals surface area contributed by atoms with E-state index in [0.717, 1.165) is 25.0 Å². The zero-order valence-electron chi connectivity index (χ0n) is 14.8. The first kappa shape index (κ1) is 20.3. The fourth-order valence-corrected chi connectivity index (χ4v) is 4.70. The quantitative estimate of drug-likeness (QED) is 0.412. The van der Waals surface area contributed by atoms with Crippen molar-refractivity contribution in [3.8, 4) is 0 Å². The number of benzene rings is 1. The second kappa shape index (κ2) is 7.68. The van der Waals surface area contributed by atoms with Gasteiger partial charge in [0.15, 0.2) is 0 Å². The number of carbonyl (C=O) groups excluding carboxylic acids is 1. The van der Waals surface area contributed by atoms with Gasteiger partial charge < -0.3 is 10.5 Å². The molecule has 10 heteroatoms. The molecule has 1 aliphatic rings. The van der Waals surface area contributed by atoms with Gasteiger partial charge in [-0.3, -0.25) is 10.1 Å². The lowest BCUT2D eigenvalue weighted by Crippen LogP contribution is -2.51. The monoisotopic (exact) mass is 385 g/mol. The lowest BCUT2D eigenvalue weighted by atomic mass is 10.0. The van der Waals surface area contributed by atoms with E-state index in [1.807, 2.05) is 0 Å². The van der Waals surface area contributed by atoms with Crippen LogP contribution in [0.5, 0.6) is 0 Å². The Bertz CT molecular complexity index is 816. The summed E-state index contributed by atoms with van der Waals surface area (Å²) in [5.74, 6) is -0.806. The third-order valence-corrected chi connectivity index (χ3v) is 6.22. The molecule has 2 rings (SSSR count). The maximum absolute atomic E-state index is 12.8. The summed E-state index contributed by atoms with van der Waals surface area (Å²) in [6.07, 6.45) is 2.90. The first-order valence-corrected chi connectivity index (χ1v) is 9.84. The van der Waals surface area contributed by atoms with Crippen molar-refractivity contribution in [2.24, 2.45) is 5.73 Å². The maximum Gasteiger partial charge on any atom is 0.338 e. The largest absolute Gasteiger partial charge is 0.462 e. The van der Waals surface area contributed by atoms with Crippen molar-refractivity contribution >= 4 is 21.7 Å². The SMILES string of the molecule is CCOC(=O)c1cc(S(=O)(=O)NC2(CN)CCCC2)cc([N+](=O)[O-])c1C. The van der Waals surface area contributed by atoms with Crippen molar-refractivity contribution in [1.82, 2.24) is 4.72 Å². The number of esters is 1. The summed E-state index contributed by atoms with van der Waals surface area (Å²) in [6, 6.07) is 2.07. The Morgan fingerprint density at radius 2 is 2.00 bits per heavy atom. The molecule has 26 heavy (non-hydrogen) atoms. The fourth-order valence-electron chi connectivity index (χ4n) is 3.18. The Morgan fingerprint density at radius 3 is 2.50 bits per heavy atom. The van der Waals surface area contributed by atoms with E-state index in [4.69, 9.17) is 10.5 Å². The Morgan fingerprint density at radius 1 is 1.38 bits per heavy atom. The van der Waals surface area contributed by atoms with Gasteiger partial charge in [-0.1, -0.05) is 12.8 Å². The van der Waals surface area contributed by atoms with E-state index in [1.165, 1.54) is 6.92 Å². The highest BCUT2D eigenvalue weighted by Crippen LogP contribution is 2.32. The molecule has 1 aromatic carbocycles. The van der Waals surface area contributed by atoms with Crippen molar-refractivity contribution in [1.29, 1.82) is 0 Å². The van der Waals surface area contributed by atoms with Gasteiger partial charge in [-0.25, -0.2) is 17.9 Å². The number of sulfonamides is 1. The van der Waals surface area contributed by atoms with E-state index in [2.05, 4.69) is 4.72 Å². The summed E-state index contributed by atoms with van der Waals surface area (Å²) in [5, 5.41) is 11.3. The number of nitrogens with one attached hydrogen (secondary N) is 1. The predicted octanol–water partition coefficient (Wildman–Crippen LogP) is 1.63. The summed E-state index contributed by atoms with van der Waals surface area (Å²) >= 11 is 0. The fraction of sp³-hybridized carbons (Fsp3) is 0.562. The van der Waals surface area contributed by atoms with Crippen LogP contribution in [0.15, 0.2) is 17.0 Å². The summed E-state index contributed by atoms with van der Waals surface area (Å²) in [6.45, 7) is 3.17. The molecule has 0 aromatic heterocycles. The van der Waals surface area contributed by atoms with Gasteiger partial charge in [0.05, 0.1) is 22.0 Å². The number of nitrogens with two attached hydrogens (primary N) is 1. The van der Waals surface area contributed by atoms with Crippen LogP contribution in [0.25, 0.3) is 0 Å². The van der Waals surface area contributed by atoms with Crippen LogP contribution in [0.3, 0.4) is 0 Å². The third-order valence-electron chi connectivity index (χ3n) is 4.66. The topological polar surface area (TPSA) is 142 Å². The molecule has 1 fully saturated rings. The second-order valence-corrected chi connectivity index (χ2v) is 8.07. The number of nitro groups is 1. The normalized spacial score (nSPS) is 16.4.